The molecule has 17 nitrogen and oxygen atoms in total. The molecule has 3 rings (SSSR count). The van der Waals surface area contributed by atoms with Crippen molar-refractivity contribution in [2.75, 3.05) is 39.4 Å². The molecule has 1 fully saturated rings. The van der Waals surface area contributed by atoms with Crippen LogP contribution in [-0.2, 0) is 17.9 Å². The fraction of sp³-hybridized carbons (Fsp3) is 0.700. The average molecular weight is 729 g/mol. The number of rotatable bonds is 16. The molecule has 0 spiro atoms. The maximum Gasteiger partial charge on any atom is 0.430 e. The molecule has 10 N–H and O–H groups in total. The second-order valence-electron chi connectivity index (χ2n) is 11.9. The van der Waals surface area contributed by atoms with E-state index >= 15 is 0 Å². The third kappa shape index (κ3) is 11.0. The molecular formula is C30H47F3N4O13. The quantitative estimate of drug-likeness (QED) is 0.0724. The van der Waals surface area contributed by atoms with E-state index in [0.717, 1.165) is 24.1 Å². The molecule has 0 aliphatic carbocycles. The summed E-state index contributed by atoms with van der Waals surface area (Å²) in [7, 11) is 0. The number of imidazole rings is 1. The monoisotopic (exact) mass is 728 g/mol. The Balaban J connectivity index is 0.00000112. The van der Waals surface area contributed by atoms with Crippen LogP contribution < -0.4 is 9.67 Å². The Kier molecular flexibility index (Phi) is 16.4. The van der Waals surface area contributed by atoms with Crippen LogP contribution in [0.1, 0.15) is 30.6 Å². The predicted molar refractivity (Wildman–Crippen MR) is 163 cm³/mol. The van der Waals surface area contributed by atoms with E-state index in [-0.39, 0.29) is 12.5 Å². The molecule has 1 amide bonds. The Hall–Kier alpha value is -3.02. The normalized spacial score (nSPS) is 20.1. The van der Waals surface area contributed by atoms with Gasteiger partial charge in [-0.2, -0.15) is 13.2 Å². The molecule has 1 aliphatic rings. The van der Waals surface area contributed by atoms with Gasteiger partial charge in [-0.25, -0.2) is 9.13 Å². The number of benzene rings is 1. The van der Waals surface area contributed by atoms with Gasteiger partial charge in [0.15, 0.2) is 11.0 Å². The van der Waals surface area contributed by atoms with Crippen LogP contribution in [0.3, 0.4) is 0 Å². The molecule has 286 valence electrons. The highest BCUT2D eigenvalue weighted by Crippen LogP contribution is 2.23. The smallest absolute Gasteiger partial charge is 0.430 e. The maximum atomic E-state index is 13.5. The third-order valence-corrected chi connectivity index (χ3v) is 8.49. The van der Waals surface area contributed by atoms with Crippen LogP contribution in [0.5, 0.6) is 0 Å². The van der Waals surface area contributed by atoms with Gasteiger partial charge in [0.2, 0.25) is 6.33 Å². The van der Waals surface area contributed by atoms with Gasteiger partial charge in [-0.05, 0) is 32.4 Å². The molecule has 1 saturated heterocycles. The summed E-state index contributed by atoms with van der Waals surface area (Å²) in [4.78, 5) is 25.4. The number of hydrogen-bond acceptors (Lipinski definition) is 14. The molecule has 1 aliphatic heterocycles. The fourth-order valence-corrected chi connectivity index (χ4v) is 5.53. The van der Waals surface area contributed by atoms with Crippen molar-refractivity contribution in [1.29, 1.82) is 0 Å². The van der Waals surface area contributed by atoms with E-state index in [0.29, 0.717) is 18.5 Å². The molecule has 0 unspecified atom stereocenters. The number of carbonyl (C=O) groups excluding carboxylic acids is 2. The number of carboxylic acids is 1. The van der Waals surface area contributed by atoms with Crippen molar-refractivity contribution in [3.63, 3.8) is 0 Å². The van der Waals surface area contributed by atoms with Crippen molar-refractivity contribution in [2.24, 2.45) is 0 Å². The maximum absolute atomic E-state index is 13.5. The van der Waals surface area contributed by atoms with Crippen molar-refractivity contribution in [1.82, 2.24) is 14.4 Å². The molecule has 20 heteroatoms. The first-order chi connectivity index (χ1) is 23.3. The molecule has 1 aromatic carbocycles. The first-order valence-electron chi connectivity index (χ1n) is 15.8. The number of likely N-dealkylation sites (tertiary alicyclic amines) is 1. The summed E-state index contributed by atoms with van der Waals surface area (Å²) in [6.07, 6.45) is -17.2. The molecule has 0 bridgehead atoms. The van der Waals surface area contributed by atoms with E-state index in [1.165, 1.54) is 4.90 Å². The van der Waals surface area contributed by atoms with Crippen molar-refractivity contribution in [3.05, 3.63) is 30.1 Å². The van der Waals surface area contributed by atoms with Crippen LogP contribution in [0.25, 0.3) is 11.0 Å². The fourth-order valence-electron chi connectivity index (χ4n) is 5.53. The second kappa shape index (κ2) is 19.0. The van der Waals surface area contributed by atoms with Gasteiger partial charge in [-0.1, -0.05) is 0 Å². The highest BCUT2D eigenvalue weighted by molar-refractivity contribution is 5.97. The van der Waals surface area contributed by atoms with Crippen LogP contribution in [0, 0.1) is 0 Å². The van der Waals surface area contributed by atoms with E-state index < -0.39 is 93.3 Å². The lowest BCUT2D eigenvalue weighted by molar-refractivity contribution is -0.668. The highest BCUT2D eigenvalue weighted by atomic mass is 19.4. The Bertz CT molecular complexity index is 1350. The number of carboxylic acid groups (broad SMARTS) is 1. The molecule has 2 heterocycles. The average Bonchev–Trinajstić information content (AvgIpc) is 3.73. The van der Waals surface area contributed by atoms with Gasteiger partial charge in [0.05, 0.1) is 38.5 Å². The molecule has 2 aromatic rings. The third-order valence-electron chi connectivity index (χ3n) is 8.49. The lowest BCUT2D eigenvalue weighted by Gasteiger charge is -2.36. The molecule has 0 radical (unpaired) electrons. The molecule has 50 heavy (non-hydrogen) atoms. The van der Waals surface area contributed by atoms with Crippen molar-refractivity contribution in [3.8, 4) is 0 Å². The Labute approximate surface area is 284 Å². The van der Waals surface area contributed by atoms with Crippen LogP contribution in [0.15, 0.2) is 24.5 Å². The summed E-state index contributed by atoms with van der Waals surface area (Å²) in [6, 6.07) is 4.98. The number of aromatic nitrogens is 2. The van der Waals surface area contributed by atoms with Gasteiger partial charge >= 0.3 is 6.18 Å². The molecular weight excluding hydrogens is 681 g/mol. The summed E-state index contributed by atoms with van der Waals surface area (Å²) in [5, 5.41) is 109. The Morgan fingerprint density at radius 3 is 1.80 bits per heavy atom. The van der Waals surface area contributed by atoms with Crippen molar-refractivity contribution < 1.29 is 83.5 Å². The molecule has 9 atom stereocenters. The highest BCUT2D eigenvalue weighted by Gasteiger charge is 2.39. The summed E-state index contributed by atoms with van der Waals surface area (Å²) < 4.78 is 35.7. The zero-order chi connectivity index (χ0) is 38.1. The van der Waals surface area contributed by atoms with E-state index in [1.807, 2.05) is 36.9 Å². The van der Waals surface area contributed by atoms with Gasteiger partial charge in [0.25, 0.3) is 5.91 Å². The van der Waals surface area contributed by atoms with E-state index in [9.17, 15) is 58.8 Å². The topological polar surface area (TPSA) is 275 Å². The summed E-state index contributed by atoms with van der Waals surface area (Å²) in [5.74, 6) is -3.24. The number of aliphatic carboxylic acids is 1. The van der Waals surface area contributed by atoms with Crippen molar-refractivity contribution >= 4 is 22.9 Å². The second-order valence-corrected chi connectivity index (χ2v) is 11.9. The largest absolute Gasteiger partial charge is 0.542 e. The Morgan fingerprint density at radius 1 is 0.900 bits per heavy atom. The van der Waals surface area contributed by atoms with Gasteiger partial charge in [0, 0.05) is 43.9 Å². The first-order valence-corrected chi connectivity index (χ1v) is 15.8. The molecule has 1 aromatic heterocycles. The number of amides is 1. The minimum atomic E-state index is -5.19. The number of aryl methyl sites for hydroxylation is 2. The first kappa shape index (κ1) is 43.1. The van der Waals surface area contributed by atoms with Crippen LogP contribution in [0.4, 0.5) is 13.2 Å². The number of hydrogen-bond donors (Lipinski definition) is 10. The minimum absolute atomic E-state index is 0.149. The van der Waals surface area contributed by atoms with Crippen LogP contribution in [0.2, 0.25) is 0 Å². The van der Waals surface area contributed by atoms with E-state index in [2.05, 4.69) is 4.57 Å². The number of alkyl halides is 3. The zero-order valence-corrected chi connectivity index (χ0v) is 27.5. The molecule has 0 saturated carbocycles. The number of aliphatic hydroxyl groups excluding tert-OH is 10. The van der Waals surface area contributed by atoms with Crippen molar-refractivity contribution in [2.45, 2.75) is 94.4 Å². The number of halogens is 3. The summed E-state index contributed by atoms with van der Waals surface area (Å²) >= 11 is 0. The van der Waals surface area contributed by atoms with Crippen LogP contribution in [-0.4, -0.2) is 178 Å². The van der Waals surface area contributed by atoms with Gasteiger partial charge in [0.1, 0.15) is 42.6 Å². The van der Waals surface area contributed by atoms with E-state index in [1.54, 1.807) is 11.0 Å². The number of fused-ring (bicyclic) bond motifs is 1. The van der Waals surface area contributed by atoms with Crippen LogP contribution >= 0.6 is 0 Å². The standard InChI is InChI=1S/C28H47N4O11.C2HF3O2/c1-3-29-15-30(4-2)19-9-16(5-6-18(19)29)28(43)31-8-7-17(10-31)32(11-20(35)24(39)26(41)22(37)13-33)12-21(36)25(40)27(42)23(38)14-34;3-2(4,5)1(6)7/h5-6,9,15,17,20-27,33-42H,3-4,7-8,10-14H2,1-2H3;(H,6,7)/q+1;/p-1/t17-,20-,21-,22+,23+,24+,25+,26+,27+;/m0./s1. The van der Waals surface area contributed by atoms with Gasteiger partial charge in [-0.3, -0.25) is 9.69 Å². The van der Waals surface area contributed by atoms with Gasteiger partial charge < -0.3 is 65.9 Å². The summed E-state index contributed by atoms with van der Waals surface area (Å²) in [6.45, 7) is 3.49. The van der Waals surface area contributed by atoms with Gasteiger partial charge in [-0.15, -0.1) is 0 Å². The number of nitrogens with zero attached hydrogens (tertiary/aromatic N) is 4. The minimum Gasteiger partial charge on any atom is -0.542 e. The van der Waals surface area contributed by atoms with E-state index in [4.69, 9.17) is 20.1 Å². The Morgan fingerprint density at radius 2 is 1.38 bits per heavy atom. The number of aliphatic hydroxyl groups is 10. The number of carbonyl (C=O) groups is 2. The SMILES string of the molecule is CCn1c[n+](CC)c2ccc(C(=O)N3CC[C@H](N(C[C@H](O)[C@@H](O)[C@H](O)[C@H](O)CO)C[C@H](O)[C@@H](O)[C@H](O)[C@H](O)CO)C3)cc21.O=C([O-])C(F)(F)F. The lowest BCUT2D eigenvalue weighted by Crippen LogP contribution is -2.55. The predicted octanol–water partition coefficient (Wildman–Crippen LogP) is -5.34. The summed E-state index contributed by atoms with van der Waals surface area (Å²) in [5.41, 5.74) is 2.38. The zero-order valence-electron chi connectivity index (χ0n) is 27.5. The lowest BCUT2D eigenvalue weighted by atomic mass is 10.00.